The average Bonchev–Trinajstić information content (AvgIpc) is 2.57. The SMILES string of the molecule is CC(CO)ONC(=O)c1cc(Cl)c(F)cc1Nc1ccc(I)cc1F. The van der Waals surface area contributed by atoms with E-state index in [4.69, 9.17) is 21.5 Å². The largest absolute Gasteiger partial charge is 0.394 e. The molecule has 3 N–H and O–H groups in total. The zero-order chi connectivity index (χ0) is 18.6. The van der Waals surface area contributed by atoms with Crippen LogP contribution < -0.4 is 10.8 Å². The molecule has 2 rings (SSSR count). The quantitative estimate of drug-likeness (QED) is 0.430. The highest BCUT2D eigenvalue weighted by atomic mass is 127. The van der Waals surface area contributed by atoms with E-state index in [1.165, 1.54) is 19.1 Å². The molecule has 0 saturated carbocycles. The van der Waals surface area contributed by atoms with E-state index < -0.39 is 23.6 Å². The highest BCUT2D eigenvalue weighted by Crippen LogP contribution is 2.28. The number of hydrogen-bond donors (Lipinski definition) is 3. The van der Waals surface area contributed by atoms with Gasteiger partial charge in [0.05, 0.1) is 28.6 Å². The fraction of sp³-hybridized carbons (Fsp3) is 0.188. The molecule has 0 radical (unpaired) electrons. The third-order valence-corrected chi connectivity index (χ3v) is 4.08. The average molecular weight is 483 g/mol. The second-order valence-electron chi connectivity index (χ2n) is 5.10. The zero-order valence-corrected chi connectivity index (χ0v) is 15.9. The molecular formula is C16H14ClF2IN2O3. The summed E-state index contributed by atoms with van der Waals surface area (Å²) < 4.78 is 28.5. The lowest BCUT2D eigenvalue weighted by Crippen LogP contribution is -2.30. The summed E-state index contributed by atoms with van der Waals surface area (Å²) in [5.41, 5.74) is 2.17. The standard InChI is InChI=1S/C16H14ClF2IN2O3/c1-8(7-23)25-22-16(24)10-5-11(17)12(18)6-15(10)21-14-3-2-9(20)4-13(14)19/h2-6,8,21,23H,7H2,1H3,(H,22,24). The minimum atomic E-state index is -0.767. The van der Waals surface area contributed by atoms with E-state index in [0.717, 1.165) is 12.1 Å². The smallest absolute Gasteiger partial charge is 0.277 e. The number of aliphatic hydroxyl groups excluding tert-OH is 1. The number of benzene rings is 2. The number of nitrogens with one attached hydrogen (secondary N) is 2. The summed E-state index contributed by atoms with van der Waals surface area (Å²) in [5.74, 6) is -2.05. The Balaban J connectivity index is 2.33. The number of hydrogen-bond acceptors (Lipinski definition) is 4. The molecule has 1 atom stereocenters. The van der Waals surface area contributed by atoms with Gasteiger partial charge in [-0.05, 0) is 59.8 Å². The van der Waals surface area contributed by atoms with Gasteiger partial charge < -0.3 is 10.4 Å². The van der Waals surface area contributed by atoms with Crippen LogP contribution in [-0.2, 0) is 4.84 Å². The number of hydroxylamine groups is 1. The minimum absolute atomic E-state index is 0.0137. The van der Waals surface area contributed by atoms with E-state index >= 15 is 0 Å². The molecule has 5 nitrogen and oxygen atoms in total. The number of halogens is 4. The summed E-state index contributed by atoms with van der Waals surface area (Å²) in [6.07, 6.45) is -0.634. The van der Waals surface area contributed by atoms with E-state index in [1.54, 1.807) is 6.07 Å². The van der Waals surface area contributed by atoms with Crippen molar-refractivity contribution in [3.63, 3.8) is 0 Å². The topological polar surface area (TPSA) is 70.6 Å². The third kappa shape index (κ3) is 5.24. The van der Waals surface area contributed by atoms with Crippen molar-refractivity contribution in [2.24, 2.45) is 0 Å². The number of anilines is 2. The Hall–Kier alpha value is -1.49. The third-order valence-electron chi connectivity index (χ3n) is 3.12. The molecule has 2 aromatic carbocycles. The molecule has 2 aromatic rings. The molecular weight excluding hydrogens is 469 g/mol. The molecule has 0 bridgehead atoms. The van der Waals surface area contributed by atoms with Crippen LogP contribution in [0.15, 0.2) is 30.3 Å². The lowest BCUT2D eigenvalue weighted by atomic mass is 10.1. The van der Waals surface area contributed by atoms with Crippen molar-refractivity contribution in [2.45, 2.75) is 13.0 Å². The van der Waals surface area contributed by atoms with Gasteiger partial charge >= 0.3 is 0 Å². The van der Waals surface area contributed by atoms with Crippen LogP contribution in [-0.4, -0.2) is 23.7 Å². The second kappa shape index (κ2) is 8.75. The Morgan fingerprint density at radius 3 is 2.64 bits per heavy atom. The van der Waals surface area contributed by atoms with Crippen LogP contribution in [0.25, 0.3) is 0 Å². The zero-order valence-electron chi connectivity index (χ0n) is 12.9. The molecule has 0 aromatic heterocycles. The van der Waals surface area contributed by atoms with Gasteiger partial charge in [-0.15, -0.1) is 0 Å². The van der Waals surface area contributed by atoms with Gasteiger partial charge in [0.1, 0.15) is 17.7 Å². The molecule has 0 heterocycles. The molecule has 0 aliphatic rings. The maximum absolute atomic E-state index is 14.0. The first-order valence-electron chi connectivity index (χ1n) is 7.09. The Morgan fingerprint density at radius 2 is 2.00 bits per heavy atom. The van der Waals surface area contributed by atoms with Crippen molar-refractivity contribution in [2.75, 3.05) is 11.9 Å². The van der Waals surface area contributed by atoms with E-state index in [-0.39, 0.29) is 28.6 Å². The Morgan fingerprint density at radius 1 is 1.28 bits per heavy atom. The second-order valence-corrected chi connectivity index (χ2v) is 6.76. The number of rotatable bonds is 6. The van der Waals surface area contributed by atoms with E-state index in [1.807, 2.05) is 22.6 Å². The lowest BCUT2D eigenvalue weighted by Gasteiger charge is -2.15. The molecule has 0 fully saturated rings. The first-order valence-corrected chi connectivity index (χ1v) is 8.55. The van der Waals surface area contributed by atoms with Crippen LogP contribution in [0.3, 0.4) is 0 Å². The molecule has 1 amide bonds. The van der Waals surface area contributed by atoms with Crippen LogP contribution in [0, 0.1) is 15.2 Å². The van der Waals surface area contributed by atoms with E-state index in [2.05, 4.69) is 10.8 Å². The fourth-order valence-electron chi connectivity index (χ4n) is 1.82. The van der Waals surface area contributed by atoms with E-state index in [0.29, 0.717) is 3.57 Å². The molecule has 0 aliphatic heterocycles. The Kier molecular flexibility index (Phi) is 6.94. The first-order chi connectivity index (χ1) is 11.8. The Bertz CT molecular complexity index is 792. The number of aliphatic hydroxyl groups is 1. The van der Waals surface area contributed by atoms with Crippen LogP contribution in [0.2, 0.25) is 5.02 Å². The fourth-order valence-corrected chi connectivity index (χ4v) is 2.44. The van der Waals surface area contributed by atoms with Crippen LogP contribution in [0.1, 0.15) is 17.3 Å². The predicted molar refractivity (Wildman–Crippen MR) is 98.9 cm³/mol. The van der Waals surface area contributed by atoms with Crippen molar-refractivity contribution in [1.29, 1.82) is 0 Å². The van der Waals surface area contributed by atoms with Gasteiger partial charge in [-0.2, -0.15) is 0 Å². The first kappa shape index (κ1) is 19.8. The summed E-state index contributed by atoms with van der Waals surface area (Å²) in [6, 6.07) is 6.51. The van der Waals surface area contributed by atoms with Crippen molar-refractivity contribution < 1.29 is 23.5 Å². The van der Waals surface area contributed by atoms with Gasteiger partial charge in [-0.1, -0.05) is 11.6 Å². The van der Waals surface area contributed by atoms with Gasteiger partial charge in [0, 0.05) is 3.57 Å². The highest BCUT2D eigenvalue weighted by molar-refractivity contribution is 14.1. The number of carbonyl (C=O) groups is 1. The number of carbonyl (C=O) groups excluding carboxylic acids is 1. The summed E-state index contributed by atoms with van der Waals surface area (Å²) in [7, 11) is 0. The van der Waals surface area contributed by atoms with E-state index in [9.17, 15) is 13.6 Å². The van der Waals surface area contributed by atoms with Crippen molar-refractivity contribution in [1.82, 2.24) is 5.48 Å². The van der Waals surface area contributed by atoms with Crippen LogP contribution in [0.5, 0.6) is 0 Å². The number of amides is 1. The van der Waals surface area contributed by atoms with Gasteiger partial charge in [-0.3, -0.25) is 9.63 Å². The van der Waals surface area contributed by atoms with Crippen LogP contribution in [0.4, 0.5) is 20.2 Å². The van der Waals surface area contributed by atoms with Gasteiger partial charge in [0.25, 0.3) is 5.91 Å². The molecule has 25 heavy (non-hydrogen) atoms. The minimum Gasteiger partial charge on any atom is -0.394 e. The van der Waals surface area contributed by atoms with Crippen molar-refractivity contribution in [3.8, 4) is 0 Å². The van der Waals surface area contributed by atoms with Gasteiger partial charge in [0.2, 0.25) is 0 Å². The maximum Gasteiger partial charge on any atom is 0.277 e. The molecule has 0 spiro atoms. The highest BCUT2D eigenvalue weighted by Gasteiger charge is 2.17. The summed E-state index contributed by atoms with van der Waals surface area (Å²) in [5, 5.41) is 11.3. The lowest BCUT2D eigenvalue weighted by molar-refractivity contribution is -0.0303. The predicted octanol–water partition coefficient (Wildman–Crippen LogP) is 4.01. The Labute approximate surface area is 161 Å². The monoisotopic (exact) mass is 482 g/mol. The maximum atomic E-state index is 14.0. The van der Waals surface area contributed by atoms with Crippen LogP contribution >= 0.6 is 34.2 Å². The summed E-state index contributed by atoms with van der Waals surface area (Å²) in [6.45, 7) is 1.24. The molecule has 9 heteroatoms. The van der Waals surface area contributed by atoms with Gasteiger partial charge in [-0.25, -0.2) is 14.3 Å². The molecule has 0 saturated heterocycles. The summed E-state index contributed by atoms with van der Waals surface area (Å²) >= 11 is 7.69. The molecule has 1 unspecified atom stereocenters. The van der Waals surface area contributed by atoms with Gasteiger partial charge in [0.15, 0.2) is 0 Å². The summed E-state index contributed by atoms with van der Waals surface area (Å²) in [4.78, 5) is 17.2. The van der Waals surface area contributed by atoms with Crippen molar-refractivity contribution in [3.05, 3.63) is 56.1 Å². The molecule has 134 valence electrons. The van der Waals surface area contributed by atoms with Crippen molar-refractivity contribution >= 4 is 51.5 Å². The normalized spacial score (nSPS) is 11.9. The molecule has 0 aliphatic carbocycles.